The first-order chi connectivity index (χ1) is 15.1. The molecule has 1 aliphatic rings. The minimum absolute atomic E-state index is 0.0524. The van der Waals surface area contributed by atoms with E-state index in [1.165, 1.54) is 0 Å². The van der Waals surface area contributed by atoms with Crippen molar-refractivity contribution >= 4 is 12.1 Å². The molecule has 0 aliphatic heterocycles. The number of carboxylic acids is 1. The van der Waals surface area contributed by atoms with Crippen LogP contribution < -0.4 is 5.32 Å². The van der Waals surface area contributed by atoms with E-state index < -0.39 is 18.1 Å². The number of hydrogen-bond acceptors (Lipinski definition) is 4. The molecule has 0 bridgehead atoms. The highest BCUT2D eigenvalue weighted by Crippen LogP contribution is 2.44. The Morgan fingerprint density at radius 2 is 1.77 bits per heavy atom. The van der Waals surface area contributed by atoms with Gasteiger partial charge in [-0.2, -0.15) is 5.10 Å². The molecule has 0 radical (unpaired) electrons. The van der Waals surface area contributed by atoms with Gasteiger partial charge in [0.25, 0.3) is 0 Å². The van der Waals surface area contributed by atoms with Crippen LogP contribution in [0.1, 0.15) is 48.4 Å². The molecule has 3 aromatic rings. The van der Waals surface area contributed by atoms with Gasteiger partial charge in [-0.05, 0) is 28.7 Å². The largest absolute Gasteiger partial charge is 0.481 e. The zero-order valence-corrected chi connectivity index (χ0v) is 17.3. The predicted molar refractivity (Wildman–Crippen MR) is 116 cm³/mol. The highest BCUT2D eigenvalue weighted by atomic mass is 16.5. The summed E-state index contributed by atoms with van der Waals surface area (Å²) in [5.41, 5.74) is 5.20. The van der Waals surface area contributed by atoms with Crippen molar-refractivity contribution in [3.05, 3.63) is 77.6 Å². The molecule has 1 aromatic heterocycles. The molecule has 0 fully saturated rings. The lowest BCUT2D eigenvalue weighted by molar-refractivity contribution is -0.137. The Kier molecular flexibility index (Phi) is 6.02. The van der Waals surface area contributed by atoms with Gasteiger partial charge < -0.3 is 15.2 Å². The average molecular weight is 419 g/mol. The summed E-state index contributed by atoms with van der Waals surface area (Å²) in [6, 6.07) is 15.5. The summed E-state index contributed by atoms with van der Waals surface area (Å²) in [5.74, 6) is -1.06. The smallest absolute Gasteiger partial charge is 0.407 e. The molecular formula is C24H25N3O4. The molecule has 7 nitrogen and oxygen atoms in total. The Morgan fingerprint density at radius 3 is 2.39 bits per heavy atom. The van der Waals surface area contributed by atoms with Crippen molar-refractivity contribution in [3.63, 3.8) is 0 Å². The number of carbonyl (C=O) groups excluding carboxylic acids is 1. The number of ether oxygens (including phenoxy) is 1. The fourth-order valence-corrected chi connectivity index (χ4v) is 4.12. The third-order valence-electron chi connectivity index (χ3n) is 5.52. The molecule has 2 aromatic carbocycles. The van der Waals surface area contributed by atoms with Crippen molar-refractivity contribution in [1.82, 2.24) is 15.1 Å². The normalized spacial score (nSPS) is 13.3. The van der Waals surface area contributed by atoms with Crippen LogP contribution in [0.4, 0.5) is 4.79 Å². The molecule has 1 amide bonds. The van der Waals surface area contributed by atoms with E-state index in [9.17, 15) is 14.7 Å². The van der Waals surface area contributed by atoms with E-state index in [-0.39, 0.29) is 18.9 Å². The molecule has 7 heteroatoms. The standard InChI is InChI=1S/C24H25N3O4/c1-2-11-27-14-16(13-25-27)22(12-23(28)29)26-24(30)31-15-21-19-9-5-3-7-17(19)18-8-4-6-10-20(18)21/h3-10,13-14,21-22H,2,11-12,15H2,1H3,(H,26,30)(H,28,29)/t22-/m0/s1. The number of nitrogens with zero attached hydrogens (tertiary/aromatic N) is 2. The predicted octanol–water partition coefficient (Wildman–Crippen LogP) is 4.35. The van der Waals surface area contributed by atoms with Crippen molar-refractivity contribution < 1.29 is 19.4 Å². The third-order valence-corrected chi connectivity index (χ3v) is 5.52. The molecule has 1 aliphatic carbocycles. The first-order valence-corrected chi connectivity index (χ1v) is 10.4. The SMILES string of the molecule is CCCn1cc([C@H](CC(=O)O)NC(=O)OCC2c3ccccc3-c3ccccc32)cn1. The van der Waals surface area contributed by atoms with Crippen LogP contribution in [0.3, 0.4) is 0 Å². The van der Waals surface area contributed by atoms with Gasteiger partial charge in [-0.25, -0.2) is 4.79 Å². The number of aryl methyl sites for hydroxylation is 1. The maximum atomic E-state index is 12.6. The number of hydrogen-bond donors (Lipinski definition) is 2. The second-order valence-corrected chi connectivity index (χ2v) is 7.66. The van der Waals surface area contributed by atoms with Crippen LogP contribution in [0.25, 0.3) is 11.1 Å². The molecular weight excluding hydrogens is 394 g/mol. The zero-order chi connectivity index (χ0) is 21.8. The van der Waals surface area contributed by atoms with Gasteiger partial charge in [-0.1, -0.05) is 55.5 Å². The van der Waals surface area contributed by atoms with Crippen LogP contribution in [0, 0.1) is 0 Å². The van der Waals surface area contributed by atoms with E-state index in [4.69, 9.17) is 4.74 Å². The Balaban J connectivity index is 1.45. The summed E-state index contributed by atoms with van der Waals surface area (Å²) in [6.45, 7) is 2.94. The van der Waals surface area contributed by atoms with Crippen LogP contribution in [0.2, 0.25) is 0 Å². The van der Waals surface area contributed by atoms with Gasteiger partial charge >= 0.3 is 12.1 Å². The number of aromatic nitrogens is 2. The number of aliphatic carboxylic acids is 1. The summed E-state index contributed by atoms with van der Waals surface area (Å²) in [4.78, 5) is 23.9. The van der Waals surface area contributed by atoms with Gasteiger partial charge in [-0.15, -0.1) is 0 Å². The van der Waals surface area contributed by atoms with E-state index in [2.05, 4.69) is 34.7 Å². The summed E-state index contributed by atoms with van der Waals surface area (Å²) in [5, 5.41) is 16.2. The van der Waals surface area contributed by atoms with Gasteiger partial charge in [0.05, 0.1) is 18.7 Å². The lowest BCUT2D eigenvalue weighted by Crippen LogP contribution is -2.31. The lowest BCUT2D eigenvalue weighted by Gasteiger charge is -2.18. The van der Waals surface area contributed by atoms with Crippen LogP contribution >= 0.6 is 0 Å². The van der Waals surface area contributed by atoms with Crippen molar-refractivity contribution in [3.8, 4) is 11.1 Å². The maximum Gasteiger partial charge on any atom is 0.407 e. The van der Waals surface area contributed by atoms with Crippen LogP contribution in [-0.4, -0.2) is 33.6 Å². The first kappa shape index (κ1) is 20.7. The highest BCUT2D eigenvalue weighted by Gasteiger charge is 2.29. The number of alkyl carbamates (subject to hydrolysis) is 1. The van der Waals surface area contributed by atoms with Gasteiger partial charge in [0.2, 0.25) is 0 Å². The van der Waals surface area contributed by atoms with E-state index in [0.717, 1.165) is 35.2 Å². The lowest BCUT2D eigenvalue weighted by atomic mass is 9.98. The van der Waals surface area contributed by atoms with Gasteiger partial charge in [0.15, 0.2) is 0 Å². The molecule has 160 valence electrons. The molecule has 1 heterocycles. The van der Waals surface area contributed by atoms with Gasteiger partial charge in [0, 0.05) is 24.2 Å². The van der Waals surface area contributed by atoms with Crippen molar-refractivity contribution in [2.24, 2.45) is 0 Å². The van der Waals surface area contributed by atoms with Crippen molar-refractivity contribution in [1.29, 1.82) is 0 Å². The molecule has 0 saturated heterocycles. The summed E-state index contributed by atoms with van der Waals surface area (Å²) in [7, 11) is 0. The first-order valence-electron chi connectivity index (χ1n) is 10.4. The minimum atomic E-state index is -1.01. The highest BCUT2D eigenvalue weighted by molar-refractivity contribution is 5.79. The molecule has 0 unspecified atom stereocenters. The number of benzene rings is 2. The van der Waals surface area contributed by atoms with Gasteiger partial charge in [-0.3, -0.25) is 9.48 Å². The minimum Gasteiger partial charge on any atom is -0.481 e. The quantitative estimate of drug-likeness (QED) is 0.566. The third kappa shape index (κ3) is 4.45. The molecule has 31 heavy (non-hydrogen) atoms. The summed E-state index contributed by atoms with van der Waals surface area (Å²) < 4.78 is 7.30. The Bertz CT molecular complexity index is 1050. The molecule has 1 atom stereocenters. The van der Waals surface area contributed by atoms with E-state index >= 15 is 0 Å². The molecule has 0 spiro atoms. The Morgan fingerprint density at radius 1 is 1.13 bits per heavy atom. The second kappa shape index (κ2) is 9.04. The summed E-state index contributed by atoms with van der Waals surface area (Å²) >= 11 is 0. The Labute approximate surface area is 180 Å². The number of carbonyl (C=O) groups is 2. The van der Waals surface area contributed by atoms with Crippen LogP contribution in [0.15, 0.2) is 60.9 Å². The summed E-state index contributed by atoms with van der Waals surface area (Å²) in [6.07, 6.45) is 3.37. The van der Waals surface area contributed by atoms with E-state index in [0.29, 0.717) is 5.56 Å². The molecule has 2 N–H and O–H groups in total. The maximum absolute atomic E-state index is 12.6. The number of fused-ring (bicyclic) bond motifs is 3. The topological polar surface area (TPSA) is 93.5 Å². The van der Waals surface area contributed by atoms with Crippen molar-refractivity contribution in [2.45, 2.75) is 38.3 Å². The number of amides is 1. The Hall–Kier alpha value is -3.61. The average Bonchev–Trinajstić information content (AvgIpc) is 3.35. The van der Waals surface area contributed by atoms with E-state index in [1.54, 1.807) is 17.1 Å². The van der Waals surface area contributed by atoms with Crippen molar-refractivity contribution in [2.75, 3.05) is 6.61 Å². The zero-order valence-electron chi connectivity index (χ0n) is 17.3. The molecule has 0 saturated carbocycles. The fourth-order valence-electron chi connectivity index (χ4n) is 4.12. The fraction of sp³-hybridized carbons (Fsp3) is 0.292. The van der Waals surface area contributed by atoms with Crippen LogP contribution in [-0.2, 0) is 16.1 Å². The number of nitrogens with one attached hydrogen (secondary N) is 1. The monoisotopic (exact) mass is 419 g/mol. The van der Waals surface area contributed by atoms with Gasteiger partial charge in [0.1, 0.15) is 6.61 Å². The number of rotatable bonds is 8. The molecule has 4 rings (SSSR count). The number of carboxylic acid groups (broad SMARTS) is 1. The van der Waals surface area contributed by atoms with E-state index in [1.807, 2.05) is 31.2 Å². The second-order valence-electron chi connectivity index (χ2n) is 7.66. The van der Waals surface area contributed by atoms with Crippen LogP contribution in [0.5, 0.6) is 0 Å².